The zero-order valence-corrected chi connectivity index (χ0v) is 17.7. The summed E-state index contributed by atoms with van der Waals surface area (Å²) in [6, 6.07) is 11.1. The summed E-state index contributed by atoms with van der Waals surface area (Å²) in [7, 11) is 7.39. The van der Waals surface area contributed by atoms with Gasteiger partial charge in [-0.05, 0) is 42.8 Å². The predicted octanol–water partition coefficient (Wildman–Crippen LogP) is 2.41. The van der Waals surface area contributed by atoms with Gasteiger partial charge < -0.3 is 14.4 Å². The number of amides is 1. The fraction of sp³-hybridized carbons (Fsp3) is 0.333. The van der Waals surface area contributed by atoms with Crippen molar-refractivity contribution in [3.63, 3.8) is 0 Å². The highest BCUT2D eigenvalue weighted by Gasteiger charge is 2.23. The highest BCUT2D eigenvalue weighted by atomic mass is 32.1. The molecule has 0 spiro atoms. The summed E-state index contributed by atoms with van der Waals surface area (Å²) >= 11 is 1.52. The Morgan fingerprint density at radius 1 is 1.11 bits per heavy atom. The second kappa shape index (κ2) is 8.58. The van der Waals surface area contributed by atoms with Gasteiger partial charge >= 0.3 is 0 Å². The van der Waals surface area contributed by atoms with E-state index in [9.17, 15) is 4.79 Å². The van der Waals surface area contributed by atoms with Crippen LogP contribution in [-0.4, -0.2) is 52.3 Å². The van der Waals surface area contributed by atoms with Gasteiger partial charge in [-0.2, -0.15) is 0 Å². The van der Waals surface area contributed by atoms with Crippen molar-refractivity contribution in [3.05, 3.63) is 47.5 Å². The number of anilines is 1. The van der Waals surface area contributed by atoms with Crippen LogP contribution in [0, 0.1) is 6.92 Å². The van der Waals surface area contributed by atoms with Gasteiger partial charge in [0.15, 0.2) is 5.13 Å². The number of ether oxygens (including phenoxy) is 2. The van der Waals surface area contributed by atoms with E-state index in [4.69, 9.17) is 14.5 Å². The van der Waals surface area contributed by atoms with Crippen LogP contribution in [0.1, 0.15) is 15.9 Å². The Balaban J connectivity index is 2.02. The molecule has 0 radical (unpaired) electrons. The lowest BCUT2D eigenvalue weighted by molar-refractivity contribution is -0.856. The largest absolute Gasteiger partial charge is 0.497 e. The minimum absolute atomic E-state index is 0.0698. The van der Waals surface area contributed by atoms with Gasteiger partial charge in [-0.15, -0.1) is 0 Å². The van der Waals surface area contributed by atoms with Gasteiger partial charge in [0.25, 0.3) is 5.91 Å². The number of aromatic nitrogens is 1. The standard InChI is InChI=1S/C21H25N3O3S/c1-14-6-11-17(27-5)18-19(14)28-21(22-18)24(13-12-23(2)3)20(25)15-7-9-16(26-4)10-8-15/h6-11H,12-13H2,1-5H3/p+1. The number of nitrogens with one attached hydrogen (secondary N) is 1. The molecule has 3 aromatic rings. The molecular weight excluding hydrogens is 374 g/mol. The molecule has 1 heterocycles. The van der Waals surface area contributed by atoms with Gasteiger partial charge in [0.1, 0.15) is 17.0 Å². The molecule has 6 nitrogen and oxygen atoms in total. The predicted molar refractivity (Wildman–Crippen MR) is 113 cm³/mol. The summed E-state index contributed by atoms with van der Waals surface area (Å²) in [4.78, 5) is 21.1. The van der Waals surface area contributed by atoms with Crippen LogP contribution < -0.4 is 19.3 Å². The molecule has 3 rings (SSSR count). The first-order valence-corrected chi connectivity index (χ1v) is 9.95. The first kappa shape index (κ1) is 20.1. The lowest BCUT2D eigenvalue weighted by Gasteiger charge is -2.20. The van der Waals surface area contributed by atoms with Gasteiger partial charge in [-0.1, -0.05) is 17.4 Å². The van der Waals surface area contributed by atoms with E-state index in [1.165, 1.54) is 16.2 Å². The van der Waals surface area contributed by atoms with Crippen LogP contribution in [-0.2, 0) is 0 Å². The average Bonchev–Trinajstić information content (AvgIpc) is 3.14. The normalized spacial score (nSPS) is 11.1. The lowest BCUT2D eigenvalue weighted by atomic mass is 10.2. The van der Waals surface area contributed by atoms with Crippen molar-refractivity contribution in [3.8, 4) is 11.5 Å². The molecule has 7 heteroatoms. The number of hydrogen-bond donors (Lipinski definition) is 1. The molecule has 1 amide bonds. The lowest BCUT2D eigenvalue weighted by Crippen LogP contribution is -3.06. The van der Waals surface area contributed by atoms with Crippen molar-refractivity contribution < 1.29 is 19.2 Å². The number of thiazole rings is 1. The smallest absolute Gasteiger partial charge is 0.260 e. The fourth-order valence-corrected chi connectivity index (χ4v) is 3.96. The number of likely N-dealkylation sites (N-methyl/N-ethyl adjacent to an activating group) is 1. The molecule has 0 saturated heterocycles. The van der Waals surface area contributed by atoms with E-state index in [1.54, 1.807) is 43.4 Å². The van der Waals surface area contributed by atoms with Crippen LogP contribution >= 0.6 is 11.3 Å². The van der Waals surface area contributed by atoms with Crippen molar-refractivity contribution in [2.24, 2.45) is 0 Å². The maximum Gasteiger partial charge on any atom is 0.260 e. The maximum absolute atomic E-state index is 13.3. The van der Waals surface area contributed by atoms with E-state index in [0.29, 0.717) is 17.2 Å². The second-order valence-electron chi connectivity index (χ2n) is 6.90. The number of carbonyl (C=O) groups is 1. The topological polar surface area (TPSA) is 56.1 Å². The molecule has 0 aliphatic carbocycles. The summed E-state index contributed by atoms with van der Waals surface area (Å²) in [6.07, 6.45) is 0. The van der Waals surface area contributed by atoms with Crippen molar-refractivity contribution in [2.45, 2.75) is 6.92 Å². The maximum atomic E-state index is 13.3. The number of carbonyl (C=O) groups excluding carboxylic acids is 1. The summed E-state index contributed by atoms with van der Waals surface area (Å²) in [5.74, 6) is 1.37. The summed E-state index contributed by atoms with van der Waals surface area (Å²) in [5.41, 5.74) is 2.53. The number of aryl methyl sites for hydroxylation is 1. The molecule has 2 aromatic carbocycles. The molecule has 0 aliphatic heterocycles. The first-order valence-electron chi connectivity index (χ1n) is 9.13. The van der Waals surface area contributed by atoms with Gasteiger partial charge in [-0.3, -0.25) is 9.69 Å². The molecule has 1 aromatic heterocycles. The number of methoxy groups -OCH3 is 2. The van der Waals surface area contributed by atoms with Crippen LogP contribution in [0.2, 0.25) is 0 Å². The molecule has 0 saturated carbocycles. The van der Waals surface area contributed by atoms with Gasteiger partial charge in [-0.25, -0.2) is 4.98 Å². The van der Waals surface area contributed by atoms with E-state index in [1.807, 2.05) is 19.1 Å². The first-order chi connectivity index (χ1) is 13.4. The zero-order valence-electron chi connectivity index (χ0n) is 16.9. The average molecular weight is 401 g/mol. The van der Waals surface area contributed by atoms with E-state index in [2.05, 4.69) is 14.1 Å². The number of benzene rings is 2. The number of fused-ring (bicyclic) bond motifs is 1. The van der Waals surface area contributed by atoms with Crippen molar-refractivity contribution in [2.75, 3.05) is 46.3 Å². The fourth-order valence-electron chi connectivity index (χ4n) is 2.89. The molecule has 0 bridgehead atoms. The van der Waals surface area contributed by atoms with Gasteiger partial charge in [0.2, 0.25) is 0 Å². The third kappa shape index (κ3) is 4.10. The molecular formula is C21H26N3O3S+. The quantitative estimate of drug-likeness (QED) is 0.662. The van der Waals surface area contributed by atoms with E-state index < -0.39 is 0 Å². The number of quaternary nitrogens is 1. The Hall–Kier alpha value is -2.64. The third-order valence-corrected chi connectivity index (χ3v) is 5.77. The molecule has 1 N–H and O–H groups in total. The van der Waals surface area contributed by atoms with Crippen LogP contribution in [0.4, 0.5) is 5.13 Å². The Bertz CT molecular complexity index is 967. The van der Waals surface area contributed by atoms with Crippen LogP contribution in [0.3, 0.4) is 0 Å². The molecule has 28 heavy (non-hydrogen) atoms. The number of nitrogens with zero attached hydrogens (tertiary/aromatic N) is 2. The van der Waals surface area contributed by atoms with E-state index >= 15 is 0 Å². The second-order valence-corrected chi connectivity index (χ2v) is 7.88. The molecule has 148 valence electrons. The van der Waals surface area contributed by atoms with E-state index in [-0.39, 0.29) is 5.91 Å². The Morgan fingerprint density at radius 3 is 2.43 bits per heavy atom. The molecule has 0 unspecified atom stereocenters. The Kier molecular flexibility index (Phi) is 6.16. The molecule has 0 aliphatic rings. The van der Waals surface area contributed by atoms with Crippen molar-refractivity contribution in [1.82, 2.24) is 4.98 Å². The summed E-state index contributed by atoms with van der Waals surface area (Å²) < 4.78 is 11.7. The van der Waals surface area contributed by atoms with Crippen molar-refractivity contribution >= 4 is 32.6 Å². The highest BCUT2D eigenvalue weighted by Crippen LogP contribution is 2.36. The van der Waals surface area contributed by atoms with E-state index in [0.717, 1.165) is 33.8 Å². The summed E-state index contributed by atoms with van der Waals surface area (Å²) in [5, 5.41) is 0.685. The molecule has 0 fully saturated rings. The SMILES string of the molecule is COc1ccc(C(=O)N(CC[NH+](C)C)c2nc3c(OC)ccc(C)c3s2)cc1. The van der Waals surface area contributed by atoms with Crippen LogP contribution in [0.5, 0.6) is 11.5 Å². The third-order valence-electron chi connectivity index (χ3n) is 4.56. The van der Waals surface area contributed by atoms with Gasteiger partial charge in [0, 0.05) is 5.56 Å². The van der Waals surface area contributed by atoms with Gasteiger partial charge in [0.05, 0.1) is 46.1 Å². The minimum atomic E-state index is -0.0698. The number of hydrogen-bond acceptors (Lipinski definition) is 5. The highest BCUT2D eigenvalue weighted by molar-refractivity contribution is 7.22. The Morgan fingerprint density at radius 2 is 1.82 bits per heavy atom. The number of rotatable bonds is 7. The molecule has 0 atom stereocenters. The Labute approximate surface area is 169 Å². The zero-order chi connectivity index (χ0) is 20.3. The van der Waals surface area contributed by atoms with Crippen LogP contribution in [0.15, 0.2) is 36.4 Å². The van der Waals surface area contributed by atoms with Crippen molar-refractivity contribution in [1.29, 1.82) is 0 Å². The minimum Gasteiger partial charge on any atom is -0.497 e. The van der Waals surface area contributed by atoms with Crippen LogP contribution in [0.25, 0.3) is 10.2 Å². The summed E-state index contributed by atoms with van der Waals surface area (Å²) in [6.45, 7) is 3.44. The monoisotopic (exact) mass is 400 g/mol.